The maximum absolute atomic E-state index is 10.9. The summed E-state index contributed by atoms with van der Waals surface area (Å²) in [6.07, 6.45) is 2.43. The summed E-state index contributed by atoms with van der Waals surface area (Å²) in [5.41, 5.74) is 0.906. The summed E-state index contributed by atoms with van der Waals surface area (Å²) in [6, 6.07) is 1.92. The molecule has 4 heteroatoms. The van der Waals surface area contributed by atoms with Crippen molar-refractivity contribution in [2.45, 2.75) is 33.4 Å². The average Bonchev–Trinajstić information content (AvgIpc) is 2.61. The summed E-state index contributed by atoms with van der Waals surface area (Å²) < 4.78 is 1.84. The number of aromatic nitrogens is 2. The molecular weight excluding hydrogens is 166 g/mol. The standard InChI is InChI=1S/C9H15N3O/c1-3-9(13)10-7-8-5-6-12(4-2)11-8/h5-6H,3-4,7H2,1-2H3,(H,10,13). The van der Waals surface area contributed by atoms with Crippen LogP contribution in [0.5, 0.6) is 0 Å². The van der Waals surface area contributed by atoms with Crippen LogP contribution >= 0.6 is 0 Å². The van der Waals surface area contributed by atoms with Gasteiger partial charge in [0, 0.05) is 19.2 Å². The number of carbonyl (C=O) groups is 1. The van der Waals surface area contributed by atoms with E-state index in [0.29, 0.717) is 13.0 Å². The zero-order chi connectivity index (χ0) is 9.68. The van der Waals surface area contributed by atoms with Gasteiger partial charge in [-0.1, -0.05) is 6.92 Å². The number of amides is 1. The molecule has 0 fully saturated rings. The SMILES string of the molecule is CCC(=O)NCc1ccn(CC)n1. The van der Waals surface area contributed by atoms with Gasteiger partial charge < -0.3 is 5.32 Å². The molecule has 1 rings (SSSR count). The minimum absolute atomic E-state index is 0.0612. The van der Waals surface area contributed by atoms with Gasteiger partial charge in [-0.2, -0.15) is 5.10 Å². The summed E-state index contributed by atoms with van der Waals surface area (Å²) in [5, 5.41) is 7.01. The summed E-state index contributed by atoms with van der Waals surface area (Å²) in [6.45, 7) is 5.25. The van der Waals surface area contributed by atoms with Crippen molar-refractivity contribution in [2.24, 2.45) is 0 Å². The molecule has 1 aromatic rings. The molecule has 0 aliphatic rings. The van der Waals surface area contributed by atoms with Gasteiger partial charge in [0.05, 0.1) is 12.2 Å². The number of nitrogens with one attached hydrogen (secondary N) is 1. The van der Waals surface area contributed by atoms with Crippen LogP contribution in [-0.4, -0.2) is 15.7 Å². The molecule has 0 aliphatic carbocycles. The van der Waals surface area contributed by atoms with E-state index in [1.165, 1.54) is 0 Å². The molecular formula is C9H15N3O. The highest BCUT2D eigenvalue weighted by Crippen LogP contribution is 1.94. The zero-order valence-electron chi connectivity index (χ0n) is 8.08. The third-order valence-corrected chi connectivity index (χ3v) is 1.81. The Kier molecular flexibility index (Phi) is 3.49. The van der Waals surface area contributed by atoms with Crippen LogP contribution in [0.3, 0.4) is 0 Å². The first kappa shape index (κ1) is 9.77. The van der Waals surface area contributed by atoms with E-state index in [1.54, 1.807) is 0 Å². The van der Waals surface area contributed by atoms with Crippen LogP contribution in [0, 0.1) is 0 Å². The number of rotatable bonds is 4. The number of aryl methyl sites for hydroxylation is 1. The molecule has 4 nitrogen and oxygen atoms in total. The van der Waals surface area contributed by atoms with Crippen molar-refractivity contribution in [1.82, 2.24) is 15.1 Å². The summed E-state index contributed by atoms with van der Waals surface area (Å²) in [4.78, 5) is 10.9. The predicted molar refractivity (Wildman–Crippen MR) is 50.0 cm³/mol. The van der Waals surface area contributed by atoms with Crippen LogP contribution in [-0.2, 0) is 17.9 Å². The fourth-order valence-corrected chi connectivity index (χ4v) is 0.988. The van der Waals surface area contributed by atoms with Gasteiger partial charge in [0.2, 0.25) is 5.91 Å². The Morgan fingerprint density at radius 1 is 1.62 bits per heavy atom. The molecule has 13 heavy (non-hydrogen) atoms. The first-order valence-corrected chi connectivity index (χ1v) is 4.55. The van der Waals surface area contributed by atoms with Crippen LogP contribution in [0.25, 0.3) is 0 Å². The number of carbonyl (C=O) groups excluding carboxylic acids is 1. The second-order valence-electron chi connectivity index (χ2n) is 2.79. The molecule has 0 spiro atoms. The Hall–Kier alpha value is -1.32. The van der Waals surface area contributed by atoms with E-state index in [-0.39, 0.29) is 5.91 Å². The van der Waals surface area contributed by atoms with Gasteiger partial charge in [-0.25, -0.2) is 0 Å². The van der Waals surface area contributed by atoms with Gasteiger partial charge in [0.25, 0.3) is 0 Å². The molecule has 1 aromatic heterocycles. The fourth-order valence-electron chi connectivity index (χ4n) is 0.988. The van der Waals surface area contributed by atoms with Crippen molar-refractivity contribution in [1.29, 1.82) is 0 Å². The Balaban J connectivity index is 2.41. The van der Waals surface area contributed by atoms with Gasteiger partial charge in [-0.15, -0.1) is 0 Å². The van der Waals surface area contributed by atoms with E-state index >= 15 is 0 Å². The van der Waals surface area contributed by atoms with E-state index in [1.807, 2.05) is 30.8 Å². The van der Waals surface area contributed by atoms with Crippen molar-refractivity contribution in [3.63, 3.8) is 0 Å². The van der Waals surface area contributed by atoms with Gasteiger partial charge in [0.15, 0.2) is 0 Å². The molecule has 1 N–H and O–H groups in total. The smallest absolute Gasteiger partial charge is 0.220 e. The molecule has 0 unspecified atom stereocenters. The second-order valence-corrected chi connectivity index (χ2v) is 2.79. The minimum Gasteiger partial charge on any atom is -0.350 e. The zero-order valence-corrected chi connectivity index (χ0v) is 8.08. The lowest BCUT2D eigenvalue weighted by Gasteiger charge is -1.99. The highest BCUT2D eigenvalue weighted by molar-refractivity contribution is 5.75. The first-order valence-electron chi connectivity index (χ1n) is 4.55. The number of hydrogen-bond acceptors (Lipinski definition) is 2. The Morgan fingerprint density at radius 2 is 2.38 bits per heavy atom. The third-order valence-electron chi connectivity index (χ3n) is 1.81. The van der Waals surface area contributed by atoms with Crippen molar-refractivity contribution in [2.75, 3.05) is 0 Å². The number of nitrogens with zero attached hydrogens (tertiary/aromatic N) is 2. The lowest BCUT2D eigenvalue weighted by molar-refractivity contribution is -0.120. The van der Waals surface area contributed by atoms with Crippen molar-refractivity contribution >= 4 is 5.91 Å². The average molecular weight is 181 g/mol. The highest BCUT2D eigenvalue weighted by Gasteiger charge is 1.99. The van der Waals surface area contributed by atoms with Gasteiger partial charge in [0.1, 0.15) is 0 Å². The summed E-state index contributed by atoms with van der Waals surface area (Å²) in [7, 11) is 0. The van der Waals surface area contributed by atoms with E-state index in [4.69, 9.17) is 0 Å². The van der Waals surface area contributed by atoms with Crippen LogP contribution in [0.1, 0.15) is 26.0 Å². The molecule has 0 atom stereocenters. The summed E-state index contributed by atoms with van der Waals surface area (Å²) in [5.74, 6) is 0.0612. The van der Waals surface area contributed by atoms with Gasteiger partial charge in [-0.05, 0) is 13.0 Å². The molecule has 0 aliphatic heterocycles. The normalized spacial score (nSPS) is 10.0. The topological polar surface area (TPSA) is 46.9 Å². The highest BCUT2D eigenvalue weighted by atomic mass is 16.1. The van der Waals surface area contributed by atoms with Crippen molar-refractivity contribution in [3.8, 4) is 0 Å². The molecule has 0 saturated heterocycles. The van der Waals surface area contributed by atoms with Crippen LogP contribution in [0.4, 0.5) is 0 Å². The van der Waals surface area contributed by atoms with E-state index in [2.05, 4.69) is 10.4 Å². The monoisotopic (exact) mass is 181 g/mol. The molecule has 0 aromatic carbocycles. The van der Waals surface area contributed by atoms with Crippen LogP contribution in [0.2, 0.25) is 0 Å². The second kappa shape index (κ2) is 4.64. The Labute approximate surface area is 77.9 Å². The van der Waals surface area contributed by atoms with Crippen LogP contribution < -0.4 is 5.32 Å². The van der Waals surface area contributed by atoms with Crippen molar-refractivity contribution in [3.05, 3.63) is 18.0 Å². The quantitative estimate of drug-likeness (QED) is 0.751. The largest absolute Gasteiger partial charge is 0.350 e. The summed E-state index contributed by atoms with van der Waals surface area (Å²) >= 11 is 0. The first-order chi connectivity index (χ1) is 6.26. The van der Waals surface area contributed by atoms with Crippen LogP contribution in [0.15, 0.2) is 12.3 Å². The molecule has 0 radical (unpaired) electrons. The van der Waals surface area contributed by atoms with E-state index in [0.717, 1.165) is 12.2 Å². The fraction of sp³-hybridized carbons (Fsp3) is 0.556. The third kappa shape index (κ3) is 2.89. The Bertz CT molecular complexity index is 280. The Morgan fingerprint density at radius 3 is 2.92 bits per heavy atom. The van der Waals surface area contributed by atoms with Crippen molar-refractivity contribution < 1.29 is 4.79 Å². The lowest BCUT2D eigenvalue weighted by atomic mass is 10.4. The lowest BCUT2D eigenvalue weighted by Crippen LogP contribution is -2.21. The van der Waals surface area contributed by atoms with Gasteiger partial charge in [-0.3, -0.25) is 9.48 Å². The molecule has 0 saturated carbocycles. The minimum atomic E-state index is 0.0612. The molecule has 72 valence electrons. The maximum atomic E-state index is 10.9. The number of hydrogen-bond donors (Lipinski definition) is 1. The molecule has 1 heterocycles. The van der Waals surface area contributed by atoms with E-state index < -0.39 is 0 Å². The maximum Gasteiger partial charge on any atom is 0.220 e. The van der Waals surface area contributed by atoms with Gasteiger partial charge >= 0.3 is 0 Å². The predicted octanol–water partition coefficient (Wildman–Crippen LogP) is 0.929. The molecule has 0 bridgehead atoms. The van der Waals surface area contributed by atoms with E-state index in [9.17, 15) is 4.79 Å². The molecule has 1 amide bonds.